The van der Waals surface area contributed by atoms with Crippen molar-refractivity contribution in [3.63, 3.8) is 0 Å². The van der Waals surface area contributed by atoms with Crippen molar-refractivity contribution in [1.82, 2.24) is 14.9 Å². The van der Waals surface area contributed by atoms with Crippen LogP contribution in [-0.2, 0) is 24.3 Å². The monoisotopic (exact) mass is 417 g/mol. The Morgan fingerprint density at radius 3 is 2.57 bits per heavy atom. The van der Waals surface area contributed by atoms with Crippen LogP contribution in [0.4, 0.5) is 9.18 Å². The molecule has 1 fully saturated rings. The highest BCUT2D eigenvalue weighted by molar-refractivity contribution is 7.89. The maximum atomic E-state index is 14.1. The smallest absolute Gasteiger partial charge is 0.338 e. The van der Waals surface area contributed by atoms with E-state index in [-0.39, 0.29) is 31.9 Å². The second kappa shape index (κ2) is 9.57. The standard InChI is InChI=1S/C16H20FN3O7S/c1-2-18-16(23)19-14(21)10-27-15(22)11-3-4-12(17)13(9-11)28(24,25)20-5-7-26-8-6-20/h3-4,9H,2,5-8,10H2,1H3,(H2,18,19,21,23). The molecule has 0 unspecified atom stereocenters. The molecular formula is C16H20FN3O7S. The number of halogens is 1. The van der Waals surface area contributed by atoms with Crippen molar-refractivity contribution in [3.05, 3.63) is 29.6 Å². The van der Waals surface area contributed by atoms with Gasteiger partial charge in [-0.2, -0.15) is 4.31 Å². The number of morpholine rings is 1. The van der Waals surface area contributed by atoms with Gasteiger partial charge in [-0.25, -0.2) is 22.4 Å². The Morgan fingerprint density at radius 1 is 1.25 bits per heavy atom. The molecule has 28 heavy (non-hydrogen) atoms. The summed E-state index contributed by atoms with van der Waals surface area (Å²) in [5.41, 5.74) is -0.251. The van der Waals surface area contributed by atoms with E-state index in [1.165, 1.54) is 0 Å². The largest absolute Gasteiger partial charge is 0.452 e. The van der Waals surface area contributed by atoms with Crippen LogP contribution in [0.2, 0.25) is 0 Å². The fourth-order valence-electron chi connectivity index (χ4n) is 2.34. The lowest BCUT2D eigenvalue weighted by Gasteiger charge is -2.26. The van der Waals surface area contributed by atoms with Gasteiger partial charge >= 0.3 is 12.0 Å². The third kappa shape index (κ3) is 5.47. The number of amides is 3. The first-order chi connectivity index (χ1) is 13.3. The molecule has 0 bridgehead atoms. The molecule has 1 aromatic rings. The van der Waals surface area contributed by atoms with Gasteiger partial charge in [0.2, 0.25) is 10.0 Å². The molecule has 0 spiro atoms. The molecule has 12 heteroatoms. The molecule has 1 aliphatic heterocycles. The SMILES string of the molecule is CCNC(=O)NC(=O)COC(=O)c1ccc(F)c(S(=O)(=O)N2CCOCC2)c1. The Labute approximate surface area is 161 Å². The minimum atomic E-state index is -4.16. The highest BCUT2D eigenvalue weighted by Gasteiger charge is 2.30. The Hall–Kier alpha value is -2.57. The number of hydrogen-bond acceptors (Lipinski definition) is 7. The third-order valence-electron chi connectivity index (χ3n) is 3.68. The third-order valence-corrected chi connectivity index (χ3v) is 5.59. The molecule has 1 saturated heterocycles. The molecule has 0 radical (unpaired) electrons. The number of hydrogen-bond donors (Lipinski definition) is 2. The van der Waals surface area contributed by atoms with E-state index in [0.29, 0.717) is 6.54 Å². The predicted octanol–water partition coefficient (Wildman–Crippen LogP) is -0.151. The minimum absolute atomic E-state index is 0.0659. The van der Waals surface area contributed by atoms with E-state index in [4.69, 9.17) is 9.47 Å². The van der Waals surface area contributed by atoms with Crippen LogP contribution in [0, 0.1) is 5.82 Å². The fraction of sp³-hybridized carbons (Fsp3) is 0.438. The Balaban J connectivity index is 2.08. The van der Waals surface area contributed by atoms with E-state index in [1.54, 1.807) is 6.92 Å². The Morgan fingerprint density at radius 2 is 1.93 bits per heavy atom. The number of sulfonamides is 1. The summed E-state index contributed by atoms with van der Waals surface area (Å²) >= 11 is 0. The number of carbonyl (C=O) groups excluding carboxylic acids is 3. The van der Waals surface area contributed by atoms with Crippen molar-refractivity contribution in [2.24, 2.45) is 0 Å². The predicted molar refractivity (Wildman–Crippen MR) is 93.5 cm³/mol. The molecule has 1 heterocycles. The molecule has 0 aliphatic carbocycles. The minimum Gasteiger partial charge on any atom is -0.452 e. The number of ether oxygens (including phenoxy) is 2. The highest BCUT2D eigenvalue weighted by atomic mass is 32.2. The van der Waals surface area contributed by atoms with Crippen LogP contribution in [0.1, 0.15) is 17.3 Å². The molecular weight excluding hydrogens is 397 g/mol. The van der Waals surface area contributed by atoms with Crippen molar-refractivity contribution in [1.29, 1.82) is 0 Å². The molecule has 10 nitrogen and oxygen atoms in total. The second-order valence-corrected chi connectivity index (χ2v) is 7.55. The van der Waals surface area contributed by atoms with E-state index >= 15 is 0 Å². The number of urea groups is 1. The van der Waals surface area contributed by atoms with Crippen molar-refractivity contribution < 1.29 is 36.7 Å². The van der Waals surface area contributed by atoms with Crippen LogP contribution >= 0.6 is 0 Å². The van der Waals surface area contributed by atoms with Crippen LogP contribution in [0.5, 0.6) is 0 Å². The summed E-state index contributed by atoms with van der Waals surface area (Å²) in [5, 5.41) is 4.26. The van der Waals surface area contributed by atoms with E-state index in [9.17, 15) is 27.2 Å². The van der Waals surface area contributed by atoms with E-state index in [2.05, 4.69) is 5.32 Å². The molecule has 0 atom stereocenters. The number of carbonyl (C=O) groups is 3. The topological polar surface area (TPSA) is 131 Å². The molecule has 1 aromatic carbocycles. The van der Waals surface area contributed by atoms with Gasteiger partial charge in [-0.3, -0.25) is 10.1 Å². The lowest BCUT2D eigenvalue weighted by molar-refractivity contribution is -0.123. The van der Waals surface area contributed by atoms with Gasteiger partial charge in [0.15, 0.2) is 6.61 Å². The van der Waals surface area contributed by atoms with Gasteiger partial charge in [-0.1, -0.05) is 0 Å². The summed E-state index contributed by atoms with van der Waals surface area (Å²) in [6, 6.07) is 1.98. The van der Waals surface area contributed by atoms with Crippen LogP contribution in [0.15, 0.2) is 23.1 Å². The zero-order valence-corrected chi connectivity index (χ0v) is 15.9. The first-order valence-corrected chi connectivity index (χ1v) is 9.82. The summed E-state index contributed by atoms with van der Waals surface area (Å²) < 4.78 is 50.2. The zero-order chi connectivity index (χ0) is 20.7. The van der Waals surface area contributed by atoms with Crippen LogP contribution < -0.4 is 10.6 Å². The lowest BCUT2D eigenvalue weighted by Crippen LogP contribution is -2.41. The van der Waals surface area contributed by atoms with Gasteiger partial charge in [-0.05, 0) is 25.1 Å². The maximum absolute atomic E-state index is 14.1. The quantitative estimate of drug-likeness (QED) is 0.616. The highest BCUT2D eigenvalue weighted by Crippen LogP contribution is 2.22. The number of imide groups is 1. The molecule has 1 aliphatic rings. The van der Waals surface area contributed by atoms with Crippen molar-refractivity contribution in [2.75, 3.05) is 39.5 Å². The van der Waals surface area contributed by atoms with Gasteiger partial charge in [0.1, 0.15) is 10.7 Å². The number of nitrogens with one attached hydrogen (secondary N) is 2. The summed E-state index contributed by atoms with van der Waals surface area (Å²) in [6.07, 6.45) is 0. The normalized spacial score (nSPS) is 14.9. The van der Waals surface area contributed by atoms with Gasteiger partial charge in [0.05, 0.1) is 18.8 Å². The van der Waals surface area contributed by atoms with Crippen LogP contribution in [-0.4, -0.2) is 70.1 Å². The summed E-state index contributed by atoms with van der Waals surface area (Å²) in [7, 11) is -4.16. The Bertz CT molecular complexity index is 854. The zero-order valence-electron chi connectivity index (χ0n) is 15.1. The van der Waals surface area contributed by atoms with Gasteiger partial charge < -0.3 is 14.8 Å². The second-order valence-electron chi connectivity index (χ2n) is 5.65. The van der Waals surface area contributed by atoms with Crippen molar-refractivity contribution in [2.45, 2.75) is 11.8 Å². The summed E-state index contributed by atoms with van der Waals surface area (Å²) in [5.74, 6) is -2.93. The number of benzene rings is 1. The van der Waals surface area contributed by atoms with Gasteiger partial charge in [0.25, 0.3) is 5.91 Å². The molecule has 0 saturated carbocycles. The van der Waals surface area contributed by atoms with Crippen molar-refractivity contribution in [3.8, 4) is 0 Å². The van der Waals surface area contributed by atoms with Crippen molar-refractivity contribution >= 4 is 27.9 Å². The average Bonchev–Trinajstić information content (AvgIpc) is 2.67. The van der Waals surface area contributed by atoms with E-state index in [0.717, 1.165) is 22.5 Å². The van der Waals surface area contributed by atoms with Crippen LogP contribution in [0.25, 0.3) is 0 Å². The number of rotatable bonds is 6. The molecule has 154 valence electrons. The Kier molecular flexibility index (Phi) is 7.43. The average molecular weight is 417 g/mol. The summed E-state index contributed by atoms with van der Waals surface area (Å²) in [4.78, 5) is 34.1. The molecule has 2 rings (SSSR count). The number of nitrogens with zero attached hydrogens (tertiary/aromatic N) is 1. The van der Waals surface area contributed by atoms with E-state index < -0.39 is 45.3 Å². The molecule has 2 N–H and O–H groups in total. The van der Waals surface area contributed by atoms with Crippen LogP contribution in [0.3, 0.4) is 0 Å². The van der Waals surface area contributed by atoms with Gasteiger partial charge in [0, 0.05) is 19.6 Å². The first kappa shape index (κ1) is 21.7. The number of esters is 1. The van der Waals surface area contributed by atoms with Gasteiger partial charge in [-0.15, -0.1) is 0 Å². The maximum Gasteiger partial charge on any atom is 0.338 e. The fourth-order valence-corrected chi connectivity index (χ4v) is 3.83. The summed E-state index contributed by atoms with van der Waals surface area (Å²) in [6.45, 7) is 1.69. The van der Waals surface area contributed by atoms with E-state index in [1.807, 2.05) is 5.32 Å². The molecule has 0 aromatic heterocycles. The lowest BCUT2D eigenvalue weighted by atomic mass is 10.2. The first-order valence-electron chi connectivity index (χ1n) is 8.38. The molecule has 3 amide bonds.